The maximum atomic E-state index is 8.82. The van der Waals surface area contributed by atoms with Crippen LogP contribution in [-0.4, -0.2) is 40.8 Å². The summed E-state index contributed by atoms with van der Waals surface area (Å²) in [5.74, 6) is 0.458. The summed E-state index contributed by atoms with van der Waals surface area (Å²) < 4.78 is 0. The molecule has 0 aromatic rings. The van der Waals surface area contributed by atoms with Crippen LogP contribution in [0.2, 0.25) is 0 Å². The Labute approximate surface area is 73.8 Å². The molecular formula is C6H15NaO. The van der Waals surface area contributed by atoms with Gasteiger partial charge in [0.2, 0.25) is 0 Å². The van der Waals surface area contributed by atoms with Crippen LogP contribution in [0.25, 0.3) is 0 Å². The molecule has 0 saturated heterocycles. The first kappa shape index (κ1) is 11.7. The number of aliphatic hydroxyl groups is 1. The Balaban J connectivity index is 0. The van der Waals surface area contributed by atoms with Crippen LogP contribution in [0.3, 0.4) is 0 Å². The molecule has 0 aromatic carbocycles. The topological polar surface area (TPSA) is 20.2 Å². The van der Waals surface area contributed by atoms with Gasteiger partial charge < -0.3 is 5.11 Å². The predicted molar refractivity (Wildman–Crippen MR) is 38.3 cm³/mol. The molecule has 0 aromatic heterocycles. The van der Waals surface area contributed by atoms with E-state index in [9.17, 15) is 0 Å². The van der Waals surface area contributed by atoms with Gasteiger partial charge in [0, 0.05) is 0 Å². The van der Waals surface area contributed by atoms with Gasteiger partial charge >= 0.3 is 29.6 Å². The first-order chi connectivity index (χ1) is 3.18. The van der Waals surface area contributed by atoms with E-state index in [2.05, 4.69) is 6.92 Å². The second-order valence-corrected chi connectivity index (χ2v) is 2.13. The number of hydrogen-bond donors (Lipinski definition) is 1. The van der Waals surface area contributed by atoms with Crippen molar-refractivity contribution in [3.63, 3.8) is 0 Å². The summed E-state index contributed by atoms with van der Waals surface area (Å²) in [7, 11) is 0. The quantitative estimate of drug-likeness (QED) is 0.542. The van der Waals surface area contributed by atoms with E-state index < -0.39 is 0 Å². The van der Waals surface area contributed by atoms with Gasteiger partial charge in [-0.05, 0) is 12.8 Å². The Bertz CT molecular complexity index is 45.8. The monoisotopic (exact) mass is 126 g/mol. The Morgan fingerprint density at radius 1 is 1.38 bits per heavy atom. The summed E-state index contributed by atoms with van der Waals surface area (Å²) in [6.45, 7) is 5.95. The van der Waals surface area contributed by atoms with Crippen LogP contribution in [0, 0.1) is 5.92 Å². The molecule has 2 heteroatoms. The molecule has 0 aliphatic rings. The SMILES string of the molecule is CCC(C)C(C)O.[NaH]. The Hall–Kier alpha value is 0.960. The third-order valence-electron chi connectivity index (χ3n) is 1.47. The Kier molecular flexibility index (Phi) is 8.92. The molecule has 0 amide bonds. The van der Waals surface area contributed by atoms with Gasteiger partial charge in [-0.15, -0.1) is 0 Å². The van der Waals surface area contributed by atoms with E-state index in [4.69, 9.17) is 5.11 Å². The molecule has 46 valence electrons. The molecule has 0 aliphatic heterocycles. The summed E-state index contributed by atoms with van der Waals surface area (Å²) >= 11 is 0. The van der Waals surface area contributed by atoms with Crippen LogP contribution >= 0.6 is 0 Å². The van der Waals surface area contributed by atoms with Crippen LogP contribution in [0.4, 0.5) is 0 Å². The molecule has 0 rings (SSSR count). The standard InChI is InChI=1S/C6H14O.Na.H/c1-4-5(2)6(3)7;;/h5-7H,4H2,1-3H3;;. The Morgan fingerprint density at radius 2 is 1.75 bits per heavy atom. The van der Waals surface area contributed by atoms with Gasteiger partial charge in [-0.2, -0.15) is 0 Å². The average molecular weight is 126 g/mol. The summed E-state index contributed by atoms with van der Waals surface area (Å²) in [6.07, 6.45) is 0.933. The summed E-state index contributed by atoms with van der Waals surface area (Å²) in [6, 6.07) is 0. The van der Waals surface area contributed by atoms with E-state index in [1.54, 1.807) is 0 Å². The van der Waals surface area contributed by atoms with E-state index in [0.29, 0.717) is 5.92 Å². The fourth-order valence-corrected chi connectivity index (χ4v) is 0.341. The molecule has 0 spiro atoms. The van der Waals surface area contributed by atoms with Crippen LogP contribution in [0.15, 0.2) is 0 Å². The van der Waals surface area contributed by atoms with Crippen molar-refractivity contribution >= 4 is 29.6 Å². The summed E-state index contributed by atoms with van der Waals surface area (Å²) in [5, 5.41) is 8.82. The van der Waals surface area contributed by atoms with Crippen molar-refractivity contribution in [3.05, 3.63) is 0 Å². The van der Waals surface area contributed by atoms with E-state index in [0.717, 1.165) is 6.42 Å². The van der Waals surface area contributed by atoms with Gasteiger partial charge in [0.1, 0.15) is 0 Å². The Morgan fingerprint density at radius 3 is 1.75 bits per heavy atom. The maximum absolute atomic E-state index is 8.82. The molecule has 0 heterocycles. The third kappa shape index (κ3) is 5.10. The van der Waals surface area contributed by atoms with E-state index >= 15 is 0 Å². The molecule has 1 nitrogen and oxygen atoms in total. The van der Waals surface area contributed by atoms with Gasteiger partial charge in [-0.1, -0.05) is 20.3 Å². The summed E-state index contributed by atoms with van der Waals surface area (Å²) in [4.78, 5) is 0. The fourth-order valence-electron chi connectivity index (χ4n) is 0.341. The van der Waals surface area contributed by atoms with E-state index in [1.807, 2.05) is 13.8 Å². The second kappa shape index (κ2) is 6.09. The minimum absolute atomic E-state index is 0. The zero-order chi connectivity index (χ0) is 5.86. The zero-order valence-corrected chi connectivity index (χ0v) is 5.31. The van der Waals surface area contributed by atoms with Crippen molar-refractivity contribution in [2.45, 2.75) is 33.3 Å². The molecule has 1 N–H and O–H groups in total. The summed E-state index contributed by atoms with van der Waals surface area (Å²) in [5.41, 5.74) is 0. The molecule has 0 aliphatic carbocycles. The first-order valence-electron chi connectivity index (χ1n) is 2.86. The molecular weight excluding hydrogens is 111 g/mol. The van der Waals surface area contributed by atoms with Crippen LogP contribution in [-0.2, 0) is 0 Å². The molecule has 8 heavy (non-hydrogen) atoms. The van der Waals surface area contributed by atoms with Crippen molar-refractivity contribution in [2.75, 3.05) is 0 Å². The van der Waals surface area contributed by atoms with Gasteiger partial charge in [0.15, 0.2) is 0 Å². The number of rotatable bonds is 2. The molecule has 0 bridgehead atoms. The predicted octanol–water partition coefficient (Wildman–Crippen LogP) is 0.765. The minimum atomic E-state index is -0.134. The molecule has 0 saturated carbocycles. The van der Waals surface area contributed by atoms with E-state index in [-0.39, 0.29) is 35.7 Å². The van der Waals surface area contributed by atoms with Crippen LogP contribution < -0.4 is 0 Å². The zero-order valence-electron chi connectivity index (χ0n) is 5.31. The average Bonchev–Trinajstić information content (AvgIpc) is 1.65. The van der Waals surface area contributed by atoms with Gasteiger partial charge in [0.25, 0.3) is 0 Å². The molecule has 2 atom stereocenters. The third-order valence-corrected chi connectivity index (χ3v) is 1.47. The van der Waals surface area contributed by atoms with Gasteiger partial charge in [-0.25, -0.2) is 0 Å². The molecule has 0 radical (unpaired) electrons. The van der Waals surface area contributed by atoms with Crippen LogP contribution in [0.1, 0.15) is 27.2 Å². The van der Waals surface area contributed by atoms with E-state index in [1.165, 1.54) is 0 Å². The van der Waals surface area contributed by atoms with Gasteiger partial charge in [0.05, 0.1) is 6.10 Å². The van der Waals surface area contributed by atoms with Crippen LogP contribution in [0.5, 0.6) is 0 Å². The van der Waals surface area contributed by atoms with Crippen molar-refractivity contribution in [3.8, 4) is 0 Å². The molecule has 0 fully saturated rings. The van der Waals surface area contributed by atoms with Crippen molar-refractivity contribution in [1.82, 2.24) is 0 Å². The normalized spacial score (nSPS) is 16.5. The van der Waals surface area contributed by atoms with Crippen molar-refractivity contribution in [1.29, 1.82) is 0 Å². The number of hydrogen-bond acceptors (Lipinski definition) is 1. The second-order valence-electron chi connectivity index (χ2n) is 2.13. The number of aliphatic hydroxyl groups excluding tert-OH is 1. The molecule has 2 unspecified atom stereocenters. The van der Waals surface area contributed by atoms with Crippen molar-refractivity contribution < 1.29 is 5.11 Å². The van der Waals surface area contributed by atoms with Crippen molar-refractivity contribution in [2.24, 2.45) is 5.92 Å². The first-order valence-corrected chi connectivity index (χ1v) is 2.86. The fraction of sp³-hybridized carbons (Fsp3) is 1.00. The van der Waals surface area contributed by atoms with Gasteiger partial charge in [-0.3, -0.25) is 0 Å².